The second-order valence-electron chi connectivity index (χ2n) is 2.29. The molecule has 0 spiro atoms. The molecule has 1 aromatic rings. The van der Waals surface area contributed by atoms with Crippen molar-refractivity contribution in [3.05, 3.63) is 28.3 Å². The SMILES string of the molecule is COc1cc(SC)ccc1[N+](=O)[O-]. The lowest BCUT2D eigenvalue weighted by Gasteiger charge is -2.02. The molecule has 0 aromatic heterocycles. The van der Waals surface area contributed by atoms with Crippen molar-refractivity contribution in [1.29, 1.82) is 0 Å². The minimum Gasteiger partial charge on any atom is -0.490 e. The van der Waals surface area contributed by atoms with E-state index in [0.29, 0.717) is 5.75 Å². The molecule has 0 aliphatic carbocycles. The molecule has 0 fully saturated rings. The number of ether oxygens (including phenoxy) is 1. The first-order valence-electron chi connectivity index (χ1n) is 3.55. The summed E-state index contributed by atoms with van der Waals surface area (Å²) in [6, 6.07) is 4.80. The van der Waals surface area contributed by atoms with Gasteiger partial charge in [0.25, 0.3) is 0 Å². The van der Waals surface area contributed by atoms with Crippen LogP contribution in [-0.2, 0) is 0 Å². The van der Waals surface area contributed by atoms with Gasteiger partial charge < -0.3 is 4.74 Å². The minimum atomic E-state index is -0.455. The first-order valence-corrected chi connectivity index (χ1v) is 4.78. The highest BCUT2D eigenvalue weighted by Crippen LogP contribution is 2.30. The van der Waals surface area contributed by atoms with Crippen LogP contribution in [0.5, 0.6) is 5.75 Å². The van der Waals surface area contributed by atoms with Crippen LogP contribution in [0.4, 0.5) is 5.69 Å². The lowest BCUT2D eigenvalue weighted by molar-refractivity contribution is -0.385. The molecule has 0 aliphatic rings. The van der Waals surface area contributed by atoms with Gasteiger partial charge >= 0.3 is 5.69 Å². The normalized spacial score (nSPS) is 9.69. The Bertz CT molecular complexity index is 327. The van der Waals surface area contributed by atoms with Gasteiger partial charge in [-0.2, -0.15) is 0 Å². The van der Waals surface area contributed by atoms with Crippen molar-refractivity contribution in [3.8, 4) is 5.75 Å². The summed E-state index contributed by atoms with van der Waals surface area (Å²) in [6.45, 7) is 0. The smallest absolute Gasteiger partial charge is 0.310 e. The van der Waals surface area contributed by atoms with Crippen LogP contribution >= 0.6 is 11.8 Å². The molecule has 4 nitrogen and oxygen atoms in total. The van der Waals surface area contributed by atoms with Gasteiger partial charge in [-0.3, -0.25) is 10.1 Å². The number of hydrogen-bond acceptors (Lipinski definition) is 4. The number of hydrogen-bond donors (Lipinski definition) is 0. The van der Waals surface area contributed by atoms with E-state index in [9.17, 15) is 10.1 Å². The molecule has 0 amide bonds. The minimum absolute atomic E-state index is 0.000278. The van der Waals surface area contributed by atoms with Crippen molar-refractivity contribution in [2.75, 3.05) is 13.4 Å². The molecule has 0 bridgehead atoms. The quantitative estimate of drug-likeness (QED) is 0.426. The van der Waals surface area contributed by atoms with Crippen LogP contribution < -0.4 is 4.74 Å². The lowest BCUT2D eigenvalue weighted by Crippen LogP contribution is -1.93. The summed E-state index contributed by atoms with van der Waals surface area (Å²) in [5.41, 5.74) is 0.000278. The van der Waals surface area contributed by atoms with Crippen LogP contribution in [0.1, 0.15) is 0 Å². The lowest BCUT2D eigenvalue weighted by atomic mass is 10.3. The van der Waals surface area contributed by atoms with E-state index >= 15 is 0 Å². The molecule has 0 saturated heterocycles. The summed E-state index contributed by atoms with van der Waals surface area (Å²) in [6.07, 6.45) is 1.90. The topological polar surface area (TPSA) is 52.4 Å². The van der Waals surface area contributed by atoms with E-state index in [4.69, 9.17) is 4.74 Å². The van der Waals surface area contributed by atoms with E-state index < -0.39 is 4.92 Å². The number of thioether (sulfide) groups is 1. The van der Waals surface area contributed by atoms with E-state index in [1.54, 1.807) is 12.1 Å². The van der Waals surface area contributed by atoms with Gasteiger partial charge in [-0.15, -0.1) is 11.8 Å². The highest BCUT2D eigenvalue weighted by Gasteiger charge is 2.13. The maximum atomic E-state index is 10.5. The third kappa shape index (κ3) is 2.12. The average Bonchev–Trinajstić information content (AvgIpc) is 2.16. The van der Waals surface area contributed by atoms with Crippen LogP contribution in [0.15, 0.2) is 23.1 Å². The molecule has 0 N–H and O–H groups in total. The first-order chi connectivity index (χ1) is 6.19. The maximum Gasteiger partial charge on any atom is 0.310 e. The van der Waals surface area contributed by atoms with Gasteiger partial charge in [0.15, 0.2) is 5.75 Å². The van der Waals surface area contributed by atoms with Crippen molar-refractivity contribution in [2.45, 2.75) is 4.90 Å². The van der Waals surface area contributed by atoms with Crippen LogP contribution in [0.3, 0.4) is 0 Å². The van der Waals surface area contributed by atoms with E-state index in [2.05, 4.69) is 0 Å². The molecule has 1 aromatic carbocycles. The Balaban J connectivity index is 3.15. The van der Waals surface area contributed by atoms with Crippen LogP contribution in [0.25, 0.3) is 0 Å². The summed E-state index contributed by atoms with van der Waals surface area (Å²) in [5.74, 6) is 0.303. The Morgan fingerprint density at radius 1 is 1.54 bits per heavy atom. The summed E-state index contributed by atoms with van der Waals surface area (Å²) in [4.78, 5) is 11.0. The molecule has 13 heavy (non-hydrogen) atoms. The maximum absolute atomic E-state index is 10.5. The third-order valence-electron chi connectivity index (χ3n) is 1.58. The summed E-state index contributed by atoms with van der Waals surface area (Å²) in [7, 11) is 1.42. The van der Waals surface area contributed by atoms with Crippen LogP contribution in [0, 0.1) is 10.1 Å². The Labute approximate surface area is 80.1 Å². The zero-order valence-electron chi connectivity index (χ0n) is 7.31. The molecule has 0 saturated carbocycles. The zero-order valence-corrected chi connectivity index (χ0v) is 8.13. The number of nitrogens with zero attached hydrogens (tertiary/aromatic N) is 1. The van der Waals surface area contributed by atoms with Crippen molar-refractivity contribution < 1.29 is 9.66 Å². The molecule has 5 heteroatoms. The van der Waals surface area contributed by atoms with E-state index in [-0.39, 0.29) is 5.69 Å². The predicted molar refractivity (Wildman–Crippen MR) is 51.4 cm³/mol. The van der Waals surface area contributed by atoms with Gasteiger partial charge in [-0.1, -0.05) is 0 Å². The molecule has 0 heterocycles. The average molecular weight is 199 g/mol. The van der Waals surface area contributed by atoms with Crippen molar-refractivity contribution >= 4 is 17.4 Å². The van der Waals surface area contributed by atoms with Crippen molar-refractivity contribution in [2.24, 2.45) is 0 Å². The van der Waals surface area contributed by atoms with Gasteiger partial charge in [0.05, 0.1) is 12.0 Å². The molecule has 1 rings (SSSR count). The fourth-order valence-electron chi connectivity index (χ4n) is 0.936. The Kier molecular flexibility index (Phi) is 3.13. The highest BCUT2D eigenvalue weighted by molar-refractivity contribution is 7.98. The predicted octanol–water partition coefficient (Wildman–Crippen LogP) is 2.33. The van der Waals surface area contributed by atoms with Gasteiger partial charge in [-0.25, -0.2) is 0 Å². The second kappa shape index (κ2) is 4.13. The number of methoxy groups -OCH3 is 1. The fraction of sp³-hybridized carbons (Fsp3) is 0.250. The van der Waals surface area contributed by atoms with Crippen LogP contribution in [0.2, 0.25) is 0 Å². The second-order valence-corrected chi connectivity index (χ2v) is 3.17. The molecule has 70 valence electrons. The first kappa shape index (κ1) is 9.85. The van der Waals surface area contributed by atoms with Crippen LogP contribution in [-0.4, -0.2) is 18.3 Å². The monoisotopic (exact) mass is 199 g/mol. The van der Waals surface area contributed by atoms with E-state index in [1.165, 1.54) is 24.9 Å². The van der Waals surface area contributed by atoms with Gasteiger partial charge in [0.2, 0.25) is 0 Å². The highest BCUT2D eigenvalue weighted by atomic mass is 32.2. The number of benzene rings is 1. The fourth-order valence-corrected chi connectivity index (χ4v) is 1.36. The molecular weight excluding hydrogens is 190 g/mol. The third-order valence-corrected chi connectivity index (χ3v) is 2.31. The molecule has 0 unspecified atom stereocenters. The molecule has 0 radical (unpaired) electrons. The largest absolute Gasteiger partial charge is 0.490 e. The van der Waals surface area contributed by atoms with Gasteiger partial charge in [0.1, 0.15) is 0 Å². The van der Waals surface area contributed by atoms with Gasteiger partial charge in [0, 0.05) is 17.0 Å². The summed E-state index contributed by atoms with van der Waals surface area (Å²) < 4.78 is 4.89. The van der Waals surface area contributed by atoms with E-state index in [1.807, 2.05) is 6.26 Å². The number of nitro groups is 1. The Hall–Kier alpha value is -1.23. The molecule has 0 aliphatic heterocycles. The van der Waals surface area contributed by atoms with Crippen molar-refractivity contribution in [1.82, 2.24) is 0 Å². The standard InChI is InChI=1S/C8H9NO3S/c1-12-8-5-6(13-2)3-4-7(8)9(10)11/h3-5H,1-2H3. The molecular formula is C8H9NO3S. The summed E-state index contributed by atoms with van der Waals surface area (Å²) in [5, 5.41) is 10.5. The number of nitro benzene ring substituents is 1. The summed E-state index contributed by atoms with van der Waals surface area (Å²) >= 11 is 1.52. The molecule has 0 atom stereocenters. The zero-order chi connectivity index (χ0) is 9.84. The van der Waals surface area contributed by atoms with Gasteiger partial charge in [-0.05, 0) is 12.3 Å². The number of rotatable bonds is 3. The Morgan fingerprint density at radius 3 is 2.69 bits per heavy atom. The van der Waals surface area contributed by atoms with Crippen molar-refractivity contribution in [3.63, 3.8) is 0 Å². The van der Waals surface area contributed by atoms with E-state index in [0.717, 1.165) is 4.90 Å². The Morgan fingerprint density at radius 2 is 2.23 bits per heavy atom.